The molecule has 0 radical (unpaired) electrons. The van der Waals surface area contributed by atoms with Gasteiger partial charge in [-0.3, -0.25) is 9.59 Å². The fraction of sp³-hybridized carbons (Fsp3) is 0.750. The Balaban J connectivity index is 4.57. The van der Waals surface area contributed by atoms with Crippen molar-refractivity contribution in [3.05, 3.63) is 72.9 Å². The first-order chi connectivity index (χ1) is 30.5. The van der Waals surface area contributed by atoms with Crippen LogP contribution in [0.25, 0.3) is 0 Å². The van der Waals surface area contributed by atoms with Crippen LogP contribution in [0.15, 0.2) is 72.9 Å². The van der Waals surface area contributed by atoms with E-state index in [1.54, 1.807) is 0 Å². The van der Waals surface area contributed by atoms with E-state index < -0.39 is 18.2 Å². The summed E-state index contributed by atoms with van der Waals surface area (Å²) in [6.07, 6.45) is 62.6. The summed E-state index contributed by atoms with van der Waals surface area (Å²) in [5, 5.41) is 23.8. The van der Waals surface area contributed by atoms with Crippen molar-refractivity contribution in [3.8, 4) is 0 Å². The average molecular weight is 866 g/mol. The van der Waals surface area contributed by atoms with Gasteiger partial charge in [-0.05, 0) is 83.5 Å². The van der Waals surface area contributed by atoms with Crippen LogP contribution in [0.5, 0.6) is 0 Å². The van der Waals surface area contributed by atoms with Gasteiger partial charge >= 0.3 is 5.97 Å². The number of amides is 1. The molecule has 0 aliphatic carbocycles. The third-order valence-electron chi connectivity index (χ3n) is 11.5. The molecule has 62 heavy (non-hydrogen) atoms. The number of rotatable bonds is 46. The number of esters is 1. The molecule has 0 bridgehead atoms. The van der Waals surface area contributed by atoms with E-state index in [-0.39, 0.29) is 31.3 Å². The van der Waals surface area contributed by atoms with Gasteiger partial charge in [0.25, 0.3) is 0 Å². The smallest absolute Gasteiger partial charge is 0.306 e. The highest BCUT2D eigenvalue weighted by Gasteiger charge is 2.24. The average Bonchev–Trinajstić information content (AvgIpc) is 3.26. The number of aliphatic hydroxyl groups excluding tert-OH is 2. The van der Waals surface area contributed by atoms with Crippen LogP contribution in [0.2, 0.25) is 0 Å². The van der Waals surface area contributed by atoms with E-state index in [0.29, 0.717) is 19.3 Å². The van der Waals surface area contributed by atoms with Crippen LogP contribution in [0.4, 0.5) is 0 Å². The summed E-state index contributed by atoms with van der Waals surface area (Å²) in [6.45, 7) is 6.32. The van der Waals surface area contributed by atoms with Crippen LogP contribution in [-0.4, -0.2) is 46.9 Å². The first kappa shape index (κ1) is 59.3. The molecular formula is C56H99NO5. The maximum atomic E-state index is 13.2. The summed E-state index contributed by atoms with van der Waals surface area (Å²) >= 11 is 0. The lowest BCUT2D eigenvalue weighted by Crippen LogP contribution is -2.46. The molecule has 0 aliphatic heterocycles. The predicted octanol–water partition coefficient (Wildman–Crippen LogP) is 15.8. The van der Waals surface area contributed by atoms with E-state index in [1.807, 2.05) is 6.08 Å². The van der Waals surface area contributed by atoms with Crippen molar-refractivity contribution in [2.75, 3.05) is 6.61 Å². The molecule has 0 aliphatic rings. The Hall–Kier alpha value is -2.70. The zero-order chi connectivity index (χ0) is 45.2. The van der Waals surface area contributed by atoms with Crippen LogP contribution in [0, 0.1) is 0 Å². The second-order valence-electron chi connectivity index (χ2n) is 17.5. The molecule has 0 aromatic rings. The molecule has 0 fully saturated rings. The highest BCUT2D eigenvalue weighted by molar-refractivity contribution is 5.77. The second kappa shape index (κ2) is 49.3. The molecule has 3 atom stereocenters. The minimum absolute atomic E-state index is 0.0348. The number of unbranched alkanes of at least 4 members (excludes halogenated alkanes) is 22. The van der Waals surface area contributed by atoms with Crippen molar-refractivity contribution < 1.29 is 24.5 Å². The highest BCUT2D eigenvalue weighted by Crippen LogP contribution is 2.17. The fourth-order valence-electron chi connectivity index (χ4n) is 7.59. The van der Waals surface area contributed by atoms with Gasteiger partial charge < -0.3 is 20.3 Å². The SMILES string of the molecule is CC/C=C/C/C=C/C/C=C/C/C=C/C/C=C/CCC(=O)OC(CCCCC/C=C\CCCCC)CC(=O)NC(CO)C(O)CCCCCCCCCCCCCCCCCCC. The van der Waals surface area contributed by atoms with Crippen molar-refractivity contribution in [2.45, 2.75) is 264 Å². The number of hydrogen-bond acceptors (Lipinski definition) is 5. The number of carbonyl (C=O) groups excluding carboxylic acids is 2. The maximum Gasteiger partial charge on any atom is 0.306 e. The molecule has 0 aromatic carbocycles. The van der Waals surface area contributed by atoms with E-state index in [9.17, 15) is 19.8 Å². The number of aliphatic hydroxyl groups is 2. The standard InChI is InChI=1S/C56H99NO5/c1-4-7-10-13-16-19-22-24-26-28-29-31-33-36-39-42-45-48-54(59)53(51-58)57-55(60)50-52(47-44-41-38-35-21-18-15-12-9-6-3)62-56(61)49-46-43-40-37-34-32-30-27-25-23-20-17-14-11-8-5-2/h8,11,17-18,20-21,25,27,32,34,40,43,52-54,58-59H,4-7,9-10,12-16,19,22-24,26,28-31,33,35-39,41-42,44-51H2,1-3H3,(H,57,60)/b11-8+,20-17+,21-18-,27-25+,34-32+,43-40+. The van der Waals surface area contributed by atoms with Gasteiger partial charge in [0, 0.05) is 6.42 Å². The molecule has 0 saturated heterocycles. The summed E-state index contributed by atoms with van der Waals surface area (Å²) in [6, 6.07) is -0.723. The molecule has 0 aromatic heterocycles. The van der Waals surface area contributed by atoms with E-state index in [4.69, 9.17) is 4.74 Å². The van der Waals surface area contributed by atoms with Crippen molar-refractivity contribution in [1.29, 1.82) is 0 Å². The summed E-state index contributed by atoms with van der Waals surface area (Å²) in [4.78, 5) is 26.1. The Labute approximate surface area is 383 Å². The molecule has 0 rings (SSSR count). The van der Waals surface area contributed by atoms with Gasteiger partial charge in [0.15, 0.2) is 0 Å². The number of allylic oxidation sites excluding steroid dienone is 12. The van der Waals surface area contributed by atoms with Gasteiger partial charge in [-0.2, -0.15) is 0 Å². The van der Waals surface area contributed by atoms with Gasteiger partial charge in [-0.1, -0.05) is 222 Å². The van der Waals surface area contributed by atoms with E-state index in [2.05, 4.69) is 92.9 Å². The Morgan fingerprint density at radius 1 is 0.484 bits per heavy atom. The first-order valence-electron chi connectivity index (χ1n) is 26.2. The first-order valence-corrected chi connectivity index (χ1v) is 26.2. The minimum atomic E-state index is -0.806. The molecule has 0 saturated carbocycles. The number of nitrogens with one attached hydrogen (secondary N) is 1. The monoisotopic (exact) mass is 866 g/mol. The van der Waals surface area contributed by atoms with Crippen molar-refractivity contribution in [2.24, 2.45) is 0 Å². The van der Waals surface area contributed by atoms with Crippen LogP contribution < -0.4 is 5.32 Å². The fourth-order valence-corrected chi connectivity index (χ4v) is 7.59. The molecule has 0 heterocycles. The summed E-state index contributed by atoms with van der Waals surface area (Å²) in [5.41, 5.74) is 0. The third-order valence-corrected chi connectivity index (χ3v) is 11.5. The quantitative estimate of drug-likeness (QED) is 0.0322. The van der Waals surface area contributed by atoms with E-state index >= 15 is 0 Å². The summed E-state index contributed by atoms with van der Waals surface area (Å²) < 4.78 is 5.87. The number of hydrogen-bond donors (Lipinski definition) is 3. The molecule has 6 heteroatoms. The Kier molecular flexibility index (Phi) is 47.2. The van der Waals surface area contributed by atoms with Crippen LogP contribution in [-0.2, 0) is 14.3 Å². The summed E-state index contributed by atoms with van der Waals surface area (Å²) in [5.74, 6) is -0.590. The lowest BCUT2D eigenvalue weighted by Gasteiger charge is -2.24. The van der Waals surface area contributed by atoms with Gasteiger partial charge in [-0.25, -0.2) is 0 Å². The minimum Gasteiger partial charge on any atom is -0.462 e. The Morgan fingerprint density at radius 3 is 1.35 bits per heavy atom. The van der Waals surface area contributed by atoms with Crippen molar-refractivity contribution >= 4 is 11.9 Å². The Morgan fingerprint density at radius 2 is 0.871 bits per heavy atom. The zero-order valence-corrected chi connectivity index (χ0v) is 40.7. The van der Waals surface area contributed by atoms with Crippen LogP contribution in [0.1, 0.15) is 245 Å². The molecule has 358 valence electrons. The zero-order valence-electron chi connectivity index (χ0n) is 40.7. The molecule has 0 spiro atoms. The number of carbonyl (C=O) groups is 2. The normalized spacial score (nSPS) is 13.8. The lowest BCUT2D eigenvalue weighted by molar-refractivity contribution is -0.150. The molecule has 3 unspecified atom stereocenters. The second-order valence-corrected chi connectivity index (χ2v) is 17.5. The van der Waals surface area contributed by atoms with E-state index in [1.165, 1.54) is 109 Å². The van der Waals surface area contributed by atoms with Gasteiger partial charge in [0.1, 0.15) is 6.10 Å². The topological polar surface area (TPSA) is 95.9 Å². The number of ether oxygens (including phenoxy) is 1. The van der Waals surface area contributed by atoms with Crippen molar-refractivity contribution in [3.63, 3.8) is 0 Å². The van der Waals surface area contributed by atoms with Gasteiger partial charge in [0.05, 0.1) is 25.2 Å². The molecule has 3 N–H and O–H groups in total. The largest absolute Gasteiger partial charge is 0.462 e. The van der Waals surface area contributed by atoms with Crippen LogP contribution in [0.3, 0.4) is 0 Å². The highest BCUT2D eigenvalue weighted by atomic mass is 16.5. The third kappa shape index (κ3) is 43.9. The lowest BCUT2D eigenvalue weighted by atomic mass is 10.0. The van der Waals surface area contributed by atoms with Gasteiger partial charge in [0.2, 0.25) is 5.91 Å². The van der Waals surface area contributed by atoms with Crippen molar-refractivity contribution in [1.82, 2.24) is 5.32 Å². The molecule has 1 amide bonds. The Bertz CT molecular complexity index is 1150. The molecular weight excluding hydrogens is 767 g/mol. The maximum absolute atomic E-state index is 13.2. The van der Waals surface area contributed by atoms with Crippen LogP contribution >= 0.6 is 0 Å². The predicted molar refractivity (Wildman–Crippen MR) is 268 cm³/mol. The van der Waals surface area contributed by atoms with E-state index in [0.717, 1.165) is 83.5 Å². The summed E-state index contributed by atoms with van der Waals surface area (Å²) in [7, 11) is 0. The molecule has 6 nitrogen and oxygen atoms in total. The van der Waals surface area contributed by atoms with Gasteiger partial charge in [-0.15, -0.1) is 0 Å².